The molecule has 10 heteroatoms. The largest absolute Gasteiger partial charge is 0.462 e. The van der Waals surface area contributed by atoms with E-state index in [0.29, 0.717) is 12.3 Å². The Bertz CT molecular complexity index is 924. The van der Waals surface area contributed by atoms with Crippen molar-refractivity contribution in [3.05, 3.63) is 62.0 Å². The smallest absolute Gasteiger partial charge is 0.418 e. The van der Waals surface area contributed by atoms with E-state index >= 15 is 0 Å². The molecule has 1 heterocycles. The molecule has 0 N–H and O–H groups in total. The molecule has 0 unspecified atom stereocenters. The molecule has 0 radical (unpaired) electrons. The second-order valence-corrected chi connectivity index (χ2v) is 5.73. The molecule has 0 aliphatic rings. The molecule has 0 saturated heterocycles. The van der Waals surface area contributed by atoms with E-state index < -0.39 is 23.3 Å². The van der Waals surface area contributed by atoms with Crippen LogP contribution in [0.15, 0.2) is 40.3 Å². The van der Waals surface area contributed by atoms with Crippen LogP contribution in [0.3, 0.4) is 0 Å². The lowest BCUT2D eigenvalue weighted by Crippen LogP contribution is -2.23. The highest BCUT2D eigenvalue weighted by Gasteiger charge is 2.31. The Morgan fingerprint density at radius 3 is 2.62 bits per heavy atom. The highest BCUT2D eigenvalue weighted by Crippen LogP contribution is 2.28. The number of carbonyl (C=O) groups is 1. The third-order valence-corrected chi connectivity index (χ3v) is 3.71. The first-order valence-electron chi connectivity index (χ1n) is 7.14. The summed E-state index contributed by atoms with van der Waals surface area (Å²) in [5.41, 5.74) is -1.73. The number of halogens is 5. The number of ether oxygens (including phenoxy) is 1. The Kier molecular flexibility index (Phi) is 6.09. The zero-order valence-corrected chi connectivity index (χ0v) is 14.7. The fourth-order valence-electron chi connectivity index (χ4n) is 1.93. The van der Waals surface area contributed by atoms with Crippen molar-refractivity contribution in [1.29, 1.82) is 0 Å². The summed E-state index contributed by atoms with van der Waals surface area (Å²) in [6, 6.07) is 4.57. The van der Waals surface area contributed by atoms with Crippen LogP contribution >= 0.6 is 23.2 Å². The Balaban J connectivity index is 2.46. The zero-order chi connectivity index (χ0) is 19.5. The lowest BCUT2D eigenvalue weighted by atomic mass is 10.2. The van der Waals surface area contributed by atoms with Gasteiger partial charge in [0.15, 0.2) is 0 Å². The van der Waals surface area contributed by atoms with Crippen LogP contribution in [0.2, 0.25) is 5.02 Å². The van der Waals surface area contributed by atoms with Gasteiger partial charge in [0.2, 0.25) is 0 Å². The summed E-state index contributed by atoms with van der Waals surface area (Å²) < 4.78 is 43.4. The van der Waals surface area contributed by atoms with E-state index in [0.717, 1.165) is 4.68 Å². The van der Waals surface area contributed by atoms with E-state index in [4.69, 9.17) is 27.9 Å². The highest BCUT2D eigenvalue weighted by molar-refractivity contribution is 6.43. The highest BCUT2D eigenvalue weighted by atomic mass is 35.5. The standard InChI is InChI=1S/C16H11Cl2F3N2O3/c1-2-26-15(25)13(18)6-9-5-11(3-4-12(9)17)23-14(24)7-10(8-22-23)16(19,20)21/h3-8H,2H2,1H3/b13-6-. The quantitative estimate of drug-likeness (QED) is 0.567. The molecule has 0 bridgehead atoms. The molecule has 2 aromatic rings. The molecule has 5 nitrogen and oxygen atoms in total. The first-order chi connectivity index (χ1) is 12.1. The summed E-state index contributed by atoms with van der Waals surface area (Å²) in [5, 5.41) is 3.48. The number of hydrogen-bond donors (Lipinski definition) is 0. The summed E-state index contributed by atoms with van der Waals surface area (Å²) in [7, 11) is 0. The molecule has 138 valence electrons. The summed E-state index contributed by atoms with van der Waals surface area (Å²) in [4.78, 5) is 23.5. The number of carbonyl (C=O) groups excluding carboxylic acids is 1. The molecule has 0 atom stereocenters. The van der Waals surface area contributed by atoms with E-state index in [9.17, 15) is 22.8 Å². The van der Waals surface area contributed by atoms with E-state index in [1.54, 1.807) is 6.92 Å². The molecule has 2 rings (SSSR count). The molecule has 26 heavy (non-hydrogen) atoms. The Hall–Kier alpha value is -2.32. The lowest BCUT2D eigenvalue weighted by Gasteiger charge is -2.09. The van der Waals surface area contributed by atoms with Crippen molar-refractivity contribution in [2.75, 3.05) is 6.61 Å². The number of nitrogens with zero attached hydrogens (tertiary/aromatic N) is 2. The summed E-state index contributed by atoms with van der Waals surface area (Å²) in [6.07, 6.45) is -2.91. The van der Waals surface area contributed by atoms with Crippen molar-refractivity contribution in [1.82, 2.24) is 9.78 Å². The molecule has 0 aliphatic carbocycles. The SMILES string of the molecule is CCOC(=O)/C(Cl)=C/c1cc(-n2ncc(C(F)(F)F)cc2=O)ccc1Cl. The number of esters is 1. The molecular formula is C16H11Cl2F3N2O3. The van der Waals surface area contributed by atoms with Crippen molar-refractivity contribution in [2.24, 2.45) is 0 Å². The summed E-state index contributed by atoms with van der Waals surface area (Å²) in [5.74, 6) is -0.763. The van der Waals surface area contributed by atoms with Gasteiger partial charge >= 0.3 is 12.1 Å². The van der Waals surface area contributed by atoms with Gasteiger partial charge in [-0.3, -0.25) is 4.79 Å². The number of aromatic nitrogens is 2. The van der Waals surface area contributed by atoms with Gasteiger partial charge in [0.05, 0.1) is 24.1 Å². The van der Waals surface area contributed by atoms with Crippen LogP contribution in [-0.4, -0.2) is 22.4 Å². The van der Waals surface area contributed by atoms with Gasteiger partial charge < -0.3 is 4.74 Å². The molecule has 1 aromatic carbocycles. The van der Waals surface area contributed by atoms with E-state index in [1.807, 2.05) is 0 Å². The maximum absolute atomic E-state index is 12.6. The zero-order valence-electron chi connectivity index (χ0n) is 13.2. The topological polar surface area (TPSA) is 61.2 Å². The van der Waals surface area contributed by atoms with Crippen molar-refractivity contribution >= 4 is 35.2 Å². The van der Waals surface area contributed by atoms with E-state index in [-0.39, 0.29) is 27.9 Å². The monoisotopic (exact) mass is 406 g/mol. The first-order valence-corrected chi connectivity index (χ1v) is 7.90. The third kappa shape index (κ3) is 4.64. The Morgan fingerprint density at radius 1 is 1.35 bits per heavy atom. The van der Waals surface area contributed by atoms with Gasteiger partial charge in [0.25, 0.3) is 5.56 Å². The number of alkyl halides is 3. The second-order valence-electron chi connectivity index (χ2n) is 4.91. The van der Waals surface area contributed by atoms with Gasteiger partial charge in [-0.1, -0.05) is 23.2 Å². The predicted octanol–water partition coefficient (Wildman–Crippen LogP) is 4.05. The normalized spacial score (nSPS) is 12.2. The van der Waals surface area contributed by atoms with Crippen LogP contribution in [0.25, 0.3) is 11.8 Å². The second kappa shape index (κ2) is 7.92. The van der Waals surface area contributed by atoms with Gasteiger partial charge in [0.1, 0.15) is 5.03 Å². The maximum Gasteiger partial charge on any atom is 0.418 e. The van der Waals surface area contributed by atoms with E-state index in [1.165, 1.54) is 24.3 Å². The van der Waals surface area contributed by atoms with Crippen LogP contribution < -0.4 is 5.56 Å². The van der Waals surface area contributed by atoms with Gasteiger partial charge in [0, 0.05) is 11.1 Å². The minimum absolute atomic E-state index is 0.127. The van der Waals surface area contributed by atoms with Crippen LogP contribution in [-0.2, 0) is 15.7 Å². The van der Waals surface area contributed by atoms with Crippen molar-refractivity contribution in [3.63, 3.8) is 0 Å². The average molecular weight is 407 g/mol. The summed E-state index contributed by atoms with van der Waals surface area (Å²) >= 11 is 11.9. The fourth-order valence-corrected chi connectivity index (χ4v) is 2.27. The van der Waals surface area contributed by atoms with E-state index in [2.05, 4.69) is 5.10 Å². The Labute approximate surface area is 155 Å². The maximum atomic E-state index is 12.6. The minimum atomic E-state index is -4.67. The van der Waals surface area contributed by atoms with Crippen LogP contribution in [0.4, 0.5) is 13.2 Å². The number of hydrogen-bond acceptors (Lipinski definition) is 4. The first kappa shape index (κ1) is 20.0. The van der Waals surface area contributed by atoms with Gasteiger partial charge in [-0.05, 0) is 36.8 Å². The third-order valence-electron chi connectivity index (χ3n) is 3.10. The Morgan fingerprint density at radius 2 is 2.04 bits per heavy atom. The molecule has 1 aromatic heterocycles. The minimum Gasteiger partial charge on any atom is -0.462 e. The molecule has 0 aliphatic heterocycles. The van der Waals surface area contributed by atoms with Crippen LogP contribution in [0.1, 0.15) is 18.1 Å². The average Bonchev–Trinajstić information content (AvgIpc) is 2.56. The molecule has 0 fully saturated rings. The molecule has 0 amide bonds. The van der Waals surface area contributed by atoms with Crippen molar-refractivity contribution in [2.45, 2.75) is 13.1 Å². The van der Waals surface area contributed by atoms with Crippen molar-refractivity contribution in [3.8, 4) is 5.69 Å². The van der Waals surface area contributed by atoms with Gasteiger partial charge in [-0.2, -0.15) is 23.0 Å². The number of benzene rings is 1. The van der Waals surface area contributed by atoms with Crippen molar-refractivity contribution < 1.29 is 22.7 Å². The lowest BCUT2D eigenvalue weighted by molar-refractivity contribution is -0.138. The van der Waals surface area contributed by atoms with Gasteiger partial charge in [-0.25, -0.2) is 4.79 Å². The predicted molar refractivity (Wildman–Crippen MR) is 90.3 cm³/mol. The van der Waals surface area contributed by atoms with Crippen LogP contribution in [0, 0.1) is 0 Å². The molecular weight excluding hydrogens is 396 g/mol. The van der Waals surface area contributed by atoms with Crippen LogP contribution in [0.5, 0.6) is 0 Å². The molecule has 0 spiro atoms. The number of rotatable bonds is 4. The molecule has 0 saturated carbocycles. The van der Waals surface area contributed by atoms with Gasteiger partial charge in [-0.15, -0.1) is 0 Å². The summed E-state index contributed by atoms with van der Waals surface area (Å²) in [6.45, 7) is 1.74. The fraction of sp³-hybridized carbons (Fsp3) is 0.188.